The Bertz CT molecular complexity index is 397. The second kappa shape index (κ2) is 5.61. The largest absolute Gasteiger partial charge is 0.507 e. The number of nitrogens with one attached hydrogen (secondary N) is 1. The van der Waals surface area contributed by atoms with Crippen LogP contribution in [0.3, 0.4) is 0 Å². The number of hydrogen-bond acceptors (Lipinski definition) is 3. The van der Waals surface area contributed by atoms with Crippen molar-refractivity contribution < 1.29 is 9.84 Å². The lowest BCUT2D eigenvalue weighted by Gasteiger charge is -2.35. The van der Waals surface area contributed by atoms with Crippen LogP contribution in [0.1, 0.15) is 44.6 Å². The van der Waals surface area contributed by atoms with Gasteiger partial charge in [-0.15, -0.1) is 0 Å². The van der Waals surface area contributed by atoms with E-state index in [1.807, 2.05) is 12.1 Å². The van der Waals surface area contributed by atoms with Crippen LogP contribution in [0.2, 0.25) is 0 Å². The fourth-order valence-corrected chi connectivity index (χ4v) is 2.64. The van der Waals surface area contributed by atoms with Gasteiger partial charge >= 0.3 is 0 Å². The number of phenolic OH excluding ortho intramolecular Hbond substituents is 1. The van der Waals surface area contributed by atoms with E-state index in [0.29, 0.717) is 18.0 Å². The number of methoxy groups -OCH3 is 1. The third-order valence-corrected chi connectivity index (χ3v) is 3.96. The molecule has 0 heterocycles. The van der Waals surface area contributed by atoms with Gasteiger partial charge in [0.2, 0.25) is 0 Å². The van der Waals surface area contributed by atoms with Crippen molar-refractivity contribution in [1.82, 2.24) is 5.32 Å². The van der Waals surface area contributed by atoms with Gasteiger partial charge in [-0.2, -0.15) is 0 Å². The zero-order valence-corrected chi connectivity index (χ0v) is 11.3. The maximum absolute atomic E-state index is 9.92. The molecule has 0 aliphatic heterocycles. The van der Waals surface area contributed by atoms with Crippen LogP contribution in [0.5, 0.6) is 11.5 Å². The number of ether oxygens (including phenoxy) is 1. The molecular formula is C15H23NO2. The highest BCUT2D eigenvalue weighted by molar-refractivity contribution is 5.39. The average molecular weight is 249 g/mol. The van der Waals surface area contributed by atoms with Crippen LogP contribution in [0.15, 0.2) is 18.2 Å². The molecule has 0 unspecified atom stereocenters. The summed E-state index contributed by atoms with van der Waals surface area (Å²) in [4.78, 5) is 0. The van der Waals surface area contributed by atoms with Gasteiger partial charge < -0.3 is 15.2 Å². The zero-order valence-electron chi connectivity index (χ0n) is 11.3. The van der Waals surface area contributed by atoms with E-state index >= 15 is 0 Å². The number of rotatable bonds is 4. The molecule has 0 amide bonds. The summed E-state index contributed by atoms with van der Waals surface area (Å²) < 4.78 is 5.08. The summed E-state index contributed by atoms with van der Waals surface area (Å²) in [6.45, 7) is 3.00. The zero-order chi connectivity index (χ0) is 13.0. The van der Waals surface area contributed by atoms with Crippen LogP contribution in [0.25, 0.3) is 0 Å². The van der Waals surface area contributed by atoms with Gasteiger partial charge in [0.15, 0.2) is 0 Å². The Morgan fingerprint density at radius 1 is 1.28 bits per heavy atom. The van der Waals surface area contributed by atoms with Crippen molar-refractivity contribution in [3.63, 3.8) is 0 Å². The van der Waals surface area contributed by atoms with Gasteiger partial charge in [0.05, 0.1) is 7.11 Å². The summed E-state index contributed by atoms with van der Waals surface area (Å²) in [6.07, 6.45) is 6.41. The number of phenols is 1. The molecule has 0 aromatic heterocycles. The topological polar surface area (TPSA) is 41.5 Å². The fourth-order valence-electron chi connectivity index (χ4n) is 2.64. The Kier molecular flexibility index (Phi) is 4.12. The first-order valence-electron chi connectivity index (χ1n) is 6.74. The first-order valence-corrected chi connectivity index (χ1v) is 6.74. The summed E-state index contributed by atoms with van der Waals surface area (Å²) in [5.74, 6) is 1.00. The van der Waals surface area contributed by atoms with E-state index in [9.17, 15) is 5.11 Å². The van der Waals surface area contributed by atoms with Crippen LogP contribution in [-0.2, 0) is 6.54 Å². The normalized spacial score (nSPS) is 18.6. The Morgan fingerprint density at radius 2 is 2.00 bits per heavy atom. The van der Waals surface area contributed by atoms with Gasteiger partial charge in [-0.25, -0.2) is 0 Å². The lowest BCUT2D eigenvalue weighted by atomic mass is 9.83. The van der Waals surface area contributed by atoms with Crippen molar-refractivity contribution in [3.8, 4) is 11.5 Å². The predicted octanol–water partition coefficient (Wildman–Crippen LogP) is 3.21. The lowest BCUT2D eigenvalue weighted by Crippen LogP contribution is -2.43. The Labute approximate surface area is 109 Å². The standard InChI is InChI=1S/C15H23NO2/c1-15(8-4-3-5-9-15)16-11-12-6-7-13(18-2)10-14(12)17/h6-7,10,16-17H,3-5,8-9,11H2,1-2H3. The smallest absolute Gasteiger partial charge is 0.123 e. The molecule has 3 heteroatoms. The quantitative estimate of drug-likeness (QED) is 0.861. The minimum atomic E-state index is 0.227. The molecule has 2 N–H and O–H groups in total. The van der Waals surface area contributed by atoms with Crippen LogP contribution in [-0.4, -0.2) is 17.8 Å². The predicted molar refractivity (Wildman–Crippen MR) is 73.0 cm³/mol. The van der Waals surface area contributed by atoms with Crippen LogP contribution < -0.4 is 10.1 Å². The molecule has 0 radical (unpaired) electrons. The average Bonchev–Trinajstić information content (AvgIpc) is 2.38. The molecule has 3 nitrogen and oxygen atoms in total. The molecule has 18 heavy (non-hydrogen) atoms. The van der Waals surface area contributed by atoms with E-state index in [1.165, 1.54) is 32.1 Å². The molecule has 1 fully saturated rings. The van der Waals surface area contributed by atoms with Gasteiger partial charge in [-0.3, -0.25) is 0 Å². The van der Waals surface area contributed by atoms with Crippen LogP contribution in [0.4, 0.5) is 0 Å². The molecule has 1 saturated carbocycles. The SMILES string of the molecule is COc1ccc(CNC2(C)CCCCC2)c(O)c1. The lowest BCUT2D eigenvalue weighted by molar-refractivity contribution is 0.251. The minimum absolute atomic E-state index is 0.227. The molecule has 1 aromatic carbocycles. The van der Waals surface area contributed by atoms with E-state index < -0.39 is 0 Å². The highest BCUT2D eigenvalue weighted by Gasteiger charge is 2.25. The van der Waals surface area contributed by atoms with Crippen molar-refractivity contribution in [3.05, 3.63) is 23.8 Å². The Morgan fingerprint density at radius 3 is 2.61 bits per heavy atom. The van der Waals surface area contributed by atoms with E-state index in [2.05, 4.69) is 12.2 Å². The summed E-state index contributed by atoms with van der Waals surface area (Å²) in [5.41, 5.74) is 1.16. The van der Waals surface area contributed by atoms with E-state index in [1.54, 1.807) is 13.2 Å². The summed E-state index contributed by atoms with van der Waals surface area (Å²) in [5, 5.41) is 13.5. The maximum Gasteiger partial charge on any atom is 0.123 e. The molecular weight excluding hydrogens is 226 g/mol. The molecule has 0 atom stereocenters. The van der Waals surface area contributed by atoms with Gasteiger partial charge in [0, 0.05) is 23.7 Å². The Balaban J connectivity index is 1.97. The molecule has 1 aliphatic carbocycles. The van der Waals surface area contributed by atoms with Crippen molar-refractivity contribution >= 4 is 0 Å². The van der Waals surface area contributed by atoms with Gasteiger partial charge in [0.25, 0.3) is 0 Å². The van der Waals surface area contributed by atoms with E-state index in [4.69, 9.17) is 4.74 Å². The first kappa shape index (κ1) is 13.2. The molecule has 0 spiro atoms. The van der Waals surface area contributed by atoms with E-state index in [0.717, 1.165) is 5.56 Å². The maximum atomic E-state index is 9.92. The molecule has 1 aliphatic rings. The fraction of sp³-hybridized carbons (Fsp3) is 0.600. The Hall–Kier alpha value is -1.22. The molecule has 0 bridgehead atoms. The summed E-state index contributed by atoms with van der Waals surface area (Å²) in [7, 11) is 1.61. The second-order valence-corrected chi connectivity index (χ2v) is 5.47. The van der Waals surface area contributed by atoms with Crippen molar-refractivity contribution in [2.75, 3.05) is 7.11 Å². The van der Waals surface area contributed by atoms with Gasteiger partial charge in [-0.05, 0) is 25.8 Å². The third-order valence-electron chi connectivity index (χ3n) is 3.96. The van der Waals surface area contributed by atoms with Gasteiger partial charge in [-0.1, -0.05) is 25.3 Å². The van der Waals surface area contributed by atoms with Crippen molar-refractivity contribution in [1.29, 1.82) is 0 Å². The number of aromatic hydroxyl groups is 1. The monoisotopic (exact) mass is 249 g/mol. The molecule has 100 valence electrons. The van der Waals surface area contributed by atoms with Crippen LogP contribution in [0, 0.1) is 0 Å². The van der Waals surface area contributed by atoms with Crippen molar-refractivity contribution in [2.45, 2.75) is 51.1 Å². The first-order chi connectivity index (χ1) is 8.63. The van der Waals surface area contributed by atoms with Gasteiger partial charge in [0.1, 0.15) is 11.5 Å². The highest BCUT2D eigenvalue weighted by Crippen LogP contribution is 2.29. The third kappa shape index (κ3) is 3.16. The molecule has 1 aromatic rings. The highest BCUT2D eigenvalue weighted by atomic mass is 16.5. The van der Waals surface area contributed by atoms with E-state index in [-0.39, 0.29) is 5.54 Å². The summed E-state index contributed by atoms with van der Waals surface area (Å²) >= 11 is 0. The van der Waals surface area contributed by atoms with Crippen LogP contribution >= 0.6 is 0 Å². The second-order valence-electron chi connectivity index (χ2n) is 5.47. The molecule has 2 rings (SSSR count). The molecule has 0 saturated heterocycles. The summed E-state index contributed by atoms with van der Waals surface area (Å²) in [6, 6.07) is 5.48. The van der Waals surface area contributed by atoms with Crippen molar-refractivity contribution in [2.24, 2.45) is 0 Å². The minimum Gasteiger partial charge on any atom is -0.507 e. The number of benzene rings is 1. The number of hydrogen-bond donors (Lipinski definition) is 2.